The molecule has 136 valence electrons. The number of carbonyl (C=O) groups is 1. The molecule has 1 unspecified atom stereocenters. The Hall–Kier alpha value is -2.67. The summed E-state index contributed by atoms with van der Waals surface area (Å²) >= 11 is 0. The van der Waals surface area contributed by atoms with E-state index in [1.54, 1.807) is 21.3 Å². The maximum absolute atomic E-state index is 11.8. The van der Waals surface area contributed by atoms with Crippen LogP contribution in [0.2, 0.25) is 0 Å². The van der Waals surface area contributed by atoms with E-state index in [2.05, 4.69) is 0 Å². The molecule has 0 saturated heterocycles. The molecule has 0 aromatic heterocycles. The number of nitrogens with two attached hydrogens (primary N) is 1. The molecule has 0 radical (unpaired) electrons. The normalized spacial score (nSPS) is 11.8. The van der Waals surface area contributed by atoms with Gasteiger partial charge in [0, 0.05) is 12.0 Å². The lowest BCUT2D eigenvalue weighted by molar-refractivity contribution is -0.142. The van der Waals surface area contributed by atoms with Gasteiger partial charge in [0.05, 0.1) is 35.5 Å². The van der Waals surface area contributed by atoms with Gasteiger partial charge in [0.15, 0.2) is 23.0 Å². The van der Waals surface area contributed by atoms with Crippen LogP contribution >= 0.6 is 0 Å². The summed E-state index contributed by atoms with van der Waals surface area (Å²) in [5.74, 6) is 1.70. The second kappa shape index (κ2) is 7.94. The number of carbonyl (C=O) groups excluding carboxylic acids is 1. The van der Waals surface area contributed by atoms with Crippen molar-refractivity contribution in [3.05, 3.63) is 23.8 Å². The van der Waals surface area contributed by atoms with Crippen molar-refractivity contribution in [2.75, 3.05) is 35.5 Å². The van der Waals surface area contributed by atoms with Crippen molar-refractivity contribution in [1.82, 2.24) is 0 Å². The van der Waals surface area contributed by atoms with E-state index in [0.29, 0.717) is 23.0 Å². The molecule has 0 amide bonds. The number of fused-ring (bicyclic) bond motifs is 1. The minimum atomic E-state index is -0.831. The van der Waals surface area contributed by atoms with Gasteiger partial charge in [-0.25, -0.2) is 0 Å². The Morgan fingerprint density at radius 2 is 1.48 bits per heavy atom. The number of benzene rings is 2. The van der Waals surface area contributed by atoms with Crippen LogP contribution in [0.4, 0.5) is 0 Å². The van der Waals surface area contributed by atoms with E-state index in [1.165, 1.54) is 14.2 Å². The summed E-state index contributed by atoms with van der Waals surface area (Å²) in [4.78, 5) is 11.8. The quantitative estimate of drug-likeness (QED) is 0.764. The molecule has 7 nitrogen and oxygen atoms in total. The lowest BCUT2D eigenvalue weighted by Crippen LogP contribution is -2.33. The zero-order valence-corrected chi connectivity index (χ0v) is 15.0. The maximum atomic E-state index is 11.8. The Balaban J connectivity index is 2.74. The third-order valence-electron chi connectivity index (χ3n) is 4.02. The predicted octanol–water partition coefficient (Wildman–Crippen LogP) is 1.92. The minimum Gasteiger partial charge on any atom is -0.493 e. The fourth-order valence-electron chi connectivity index (χ4n) is 2.79. The average Bonchev–Trinajstić information content (AvgIpc) is 2.65. The molecule has 2 rings (SSSR count). The molecular weight excluding hydrogens is 326 g/mol. The second-order valence-electron chi connectivity index (χ2n) is 5.35. The topological polar surface area (TPSA) is 89.2 Å². The lowest BCUT2D eigenvalue weighted by atomic mass is 9.96. The van der Waals surface area contributed by atoms with Crippen molar-refractivity contribution >= 4 is 16.7 Å². The van der Waals surface area contributed by atoms with Gasteiger partial charge >= 0.3 is 5.97 Å². The van der Waals surface area contributed by atoms with Crippen LogP contribution in [0.1, 0.15) is 5.56 Å². The van der Waals surface area contributed by atoms with Gasteiger partial charge in [0.2, 0.25) is 0 Å². The van der Waals surface area contributed by atoms with Crippen LogP contribution in [0.5, 0.6) is 23.0 Å². The third-order valence-corrected chi connectivity index (χ3v) is 4.02. The minimum absolute atomic E-state index is 0.221. The molecule has 0 aliphatic carbocycles. The van der Waals surface area contributed by atoms with E-state index >= 15 is 0 Å². The first-order valence-corrected chi connectivity index (χ1v) is 7.63. The van der Waals surface area contributed by atoms with E-state index < -0.39 is 12.0 Å². The second-order valence-corrected chi connectivity index (χ2v) is 5.35. The number of hydrogen-bond donors (Lipinski definition) is 1. The van der Waals surface area contributed by atoms with Gasteiger partial charge in [-0.2, -0.15) is 0 Å². The molecule has 0 spiro atoms. The first-order chi connectivity index (χ1) is 12.0. The van der Waals surface area contributed by atoms with Gasteiger partial charge in [0.25, 0.3) is 0 Å². The lowest BCUT2D eigenvalue weighted by Gasteiger charge is -2.19. The van der Waals surface area contributed by atoms with Gasteiger partial charge in [-0.3, -0.25) is 4.79 Å². The van der Waals surface area contributed by atoms with Gasteiger partial charge in [-0.1, -0.05) is 0 Å². The number of hydrogen-bond acceptors (Lipinski definition) is 7. The first kappa shape index (κ1) is 18.7. The van der Waals surface area contributed by atoms with Crippen molar-refractivity contribution in [2.24, 2.45) is 5.73 Å². The zero-order chi connectivity index (χ0) is 18.6. The van der Waals surface area contributed by atoms with Crippen LogP contribution in [0.3, 0.4) is 0 Å². The van der Waals surface area contributed by atoms with E-state index in [-0.39, 0.29) is 6.42 Å². The fourth-order valence-corrected chi connectivity index (χ4v) is 2.79. The first-order valence-electron chi connectivity index (χ1n) is 7.63. The summed E-state index contributed by atoms with van der Waals surface area (Å²) in [5.41, 5.74) is 6.70. The largest absolute Gasteiger partial charge is 0.493 e. The van der Waals surface area contributed by atoms with Crippen LogP contribution in [0.25, 0.3) is 10.8 Å². The summed E-state index contributed by atoms with van der Waals surface area (Å²) in [6.07, 6.45) is 0.221. The van der Waals surface area contributed by atoms with Gasteiger partial charge in [0.1, 0.15) is 6.04 Å². The highest BCUT2D eigenvalue weighted by Crippen LogP contribution is 2.42. The highest BCUT2D eigenvalue weighted by Gasteiger charge is 2.23. The zero-order valence-electron chi connectivity index (χ0n) is 15.0. The van der Waals surface area contributed by atoms with E-state index in [0.717, 1.165) is 16.3 Å². The summed E-state index contributed by atoms with van der Waals surface area (Å²) in [5, 5.41) is 1.68. The van der Waals surface area contributed by atoms with Crippen molar-refractivity contribution < 1.29 is 28.5 Å². The molecule has 25 heavy (non-hydrogen) atoms. The summed E-state index contributed by atoms with van der Waals surface area (Å²) in [7, 11) is 7.52. The average molecular weight is 349 g/mol. The molecule has 0 heterocycles. The van der Waals surface area contributed by atoms with Crippen molar-refractivity contribution in [2.45, 2.75) is 12.5 Å². The Kier molecular flexibility index (Phi) is 5.93. The van der Waals surface area contributed by atoms with E-state index in [4.69, 9.17) is 29.4 Å². The summed E-state index contributed by atoms with van der Waals surface area (Å²) < 4.78 is 26.4. The summed E-state index contributed by atoms with van der Waals surface area (Å²) in [6, 6.07) is 4.67. The maximum Gasteiger partial charge on any atom is 0.322 e. The molecule has 0 aliphatic rings. The molecule has 0 aliphatic heterocycles. The third kappa shape index (κ3) is 3.56. The monoisotopic (exact) mass is 349 g/mol. The van der Waals surface area contributed by atoms with Crippen LogP contribution in [-0.2, 0) is 16.0 Å². The van der Waals surface area contributed by atoms with Crippen LogP contribution in [0.15, 0.2) is 18.2 Å². The number of esters is 1. The Labute approximate surface area is 146 Å². The van der Waals surface area contributed by atoms with Gasteiger partial charge in [-0.15, -0.1) is 0 Å². The molecule has 0 bridgehead atoms. The molecule has 7 heteroatoms. The summed E-state index contributed by atoms with van der Waals surface area (Å²) in [6.45, 7) is 0. The molecule has 2 aromatic carbocycles. The highest BCUT2D eigenvalue weighted by molar-refractivity contribution is 5.93. The molecular formula is C18H23NO6. The Morgan fingerprint density at radius 3 is 2.00 bits per heavy atom. The molecule has 0 saturated carbocycles. The van der Waals surface area contributed by atoms with Crippen molar-refractivity contribution in [3.63, 3.8) is 0 Å². The van der Waals surface area contributed by atoms with Crippen molar-refractivity contribution in [1.29, 1.82) is 0 Å². The van der Waals surface area contributed by atoms with Crippen LogP contribution in [-0.4, -0.2) is 47.6 Å². The fraction of sp³-hybridized carbons (Fsp3) is 0.389. The molecule has 2 aromatic rings. The smallest absolute Gasteiger partial charge is 0.322 e. The van der Waals surface area contributed by atoms with Crippen molar-refractivity contribution in [3.8, 4) is 23.0 Å². The standard InChI is InChI=1S/C18H23NO6/c1-21-14-6-10-7-16(23-3)17(24-4)12(8-13(19)18(20)25-5)11(10)9-15(14)22-2/h6-7,9,13H,8,19H2,1-5H3. The number of rotatable bonds is 7. The van der Waals surface area contributed by atoms with Gasteiger partial charge < -0.3 is 29.4 Å². The van der Waals surface area contributed by atoms with E-state index in [9.17, 15) is 4.79 Å². The van der Waals surface area contributed by atoms with Crippen LogP contribution < -0.4 is 24.7 Å². The van der Waals surface area contributed by atoms with E-state index in [1.807, 2.05) is 18.2 Å². The predicted molar refractivity (Wildman–Crippen MR) is 93.9 cm³/mol. The highest BCUT2D eigenvalue weighted by atomic mass is 16.5. The Bertz CT molecular complexity index is 769. The number of ether oxygens (including phenoxy) is 5. The molecule has 0 fully saturated rings. The Morgan fingerprint density at radius 1 is 0.920 bits per heavy atom. The molecule has 2 N–H and O–H groups in total. The SMILES string of the molecule is COC(=O)C(N)Cc1c(OC)c(OC)cc2cc(OC)c(OC)cc12. The molecule has 1 atom stereocenters. The van der Waals surface area contributed by atoms with Gasteiger partial charge in [-0.05, 0) is 29.0 Å². The van der Waals surface area contributed by atoms with Crippen LogP contribution in [0, 0.1) is 0 Å². The number of methoxy groups -OCH3 is 5.